The number of Topliss-reactive ketones (excluding diaryl/α,β-unsaturated/α-hetero) is 1. The van der Waals surface area contributed by atoms with Crippen LogP contribution in [-0.2, 0) is 4.74 Å². The van der Waals surface area contributed by atoms with E-state index in [-0.39, 0.29) is 11.2 Å². The van der Waals surface area contributed by atoms with Gasteiger partial charge in [-0.05, 0) is 29.7 Å². The van der Waals surface area contributed by atoms with Crippen LogP contribution in [0.5, 0.6) is 0 Å². The fourth-order valence-corrected chi connectivity index (χ4v) is 2.23. The summed E-state index contributed by atoms with van der Waals surface area (Å²) in [6.45, 7) is 6.00. The van der Waals surface area contributed by atoms with Crippen molar-refractivity contribution in [1.29, 1.82) is 0 Å². The molecule has 1 aromatic heterocycles. The van der Waals surface area contributed by atoms with Gasteiger partial charge in [-0.3, -0.25) is 9.78 Å². The Morgan fingerprint density at radius 2 is 2.00 bits per heavy atom. The predicted octanol–water partition coefficient (Wildman–Crippen LogP) is 3.48. The van der Waals surface area contributed by atoms with E-state index in [1.165, 1.54) is 0 Å². The molecule has 2 rings (SSSR count). The zero-order chi connectivity index (χ0) is 14.0. The number of carbonyl (C=O) groups excluding carboxylic acids is 1. The van der Waals surface area contributed by atoms with Crippen LogP contribution in [0.3, 0.4) is 0 Å². The maximum Gasteiger partial charge on any atom is 0.192 e. The molecule has 0 amide bonds. The number of pyridine rings is 1. The average Bonchev–Trinajstić information content (AvgIpc) is 2.37. The highest BCUT2D eigenvalue weighted by Gasteiger charge is 2.31. The largest absolute Gasteiger partial charge is 0.373 e. The van der Waals surface area contributed by atoms with Gasteiger partial charge in [-0.2, -0.15) is 0 Å². The zero-order valence-corrected chi connectivity index (χ0v) is 11.8. The zero-order valence-electron chi connectivity index (χ0n) is 11.8. The van der Waals surface area contributed by atoms with Gasteiger partial charge in [0.2, 0.25) is 0 Å². The van der Waals surface area contributed by atoms with Crippen LogP contribution in [0, 0.1) is 5.41 Å². The number of rotatable bonds is 3. The first-order chi connectivity index (χ1) is 8.93. The third kappa shape index (κ3) is 2.82. The SMILES string of the molecule is COC(C(=O)c1ccc2ncccc2c1)C(C)(C)C. The molecule has 0 aliphatic heterocycles. The molecule has 0 N–H and O–H groups in total. The van der Waals surface area contributed by atoms with Gasteiger partial charge in [0.25, 0.3) is 0 Å². The minimum Gasteiger partial charge on any atom is -0.373 e. The van der Waals surface area contributed by atoms with E-state index in [0.717, 1.165) is 10.9 Å². The molecule has 1 aromatic carbocycles. The standard InChI is InChI=1S/C16H19NO2/c1-16(2,3)15(19-4)14(18)12-7-8-13-11(10-12)6-5-9-17-13/h5-10,15H,1-4H3. The number of benzene rings is 1. The molecule has 3 nitrogen and oxygen atoms in total. The number of nitrogens with zero attached hydrogens (tertiary/aromatic N) is 1. The highest BCUT2D eigenvalue weighted by Crippen LogP contribution is 2.26. The van der Waals surface area contributed by atoms with Gasteiger partial charge in [-0.1, -0.05) is 26.8 Å². The van der Waals surface area contributed by atoms with Crippen LogP contribution in [0.4, 0.5) is 0 Å². The number of hydrogen-bond donors (Lipinski definition) is 0. The molecule has 0 aliphatic carbocycles. The summed E-state index contributed by atoms with van der Waals surface area (Å²) in [5.41, 5.74) is 1.33. The number of fused-ring (bicyclic) bond motifs is 1. The van der Waals surface area contributed by atoms with Crippen molar-refractivity contribution in [2.45, 2.75) is 26.9 Å². The Hall–Kier alpha value is -1.74. The summed E-state index contributed by atoms with van der Waals surface area (Å²) in [6, 6.07) is 9.39. The smallest absolute Gasteiger partial charge is 0.192 e. The molecular formula is C16H19NO2. The topological polar surface area (TPSA) is 39.2 Å². The molecule has 0 fully saturated rings. The summed E-state index contributed by atoms with van der Waals surface area (Å²) in [4.78, 5) is 16.8. The number of ether oxygens (including phenoxy) is 1. The summed E-state index contributed by atoms with van der Waals surface area (Å²) in [6.07, 6.45) is 1.30. The first-order valence-corrected chi connectivity index (χ1v) is 6.35. The first-order valence-electron chi connectivity index (χ1n) is 6.35. The average molecular weight is 257 g/mol. The molecule has 0 radical (unpaired) electrons. The Morgan fingerprint density at radius 1 is 1.26 bits per heavy atom. The summed E-state index contributed by atoms with van der Waals surface area (Å²) in [5.74, 6) is 0.0146. The minimum absolute atomic E-state index is 0.0146. The molecule has 1 unspecified atom stereocenters. The van der Waals surface area contributed by atoms with Crippen molar-refractivity contribution in [3.63, 3.8) is 0 Å². The van der Waals surface area contributed by atoms with E-state index in [2.05, 4.69) is 4.98 Å². The van der Waals surface area contributed by atoms with Crippen molar-refractivity contribution in [3.05, 3.63) is 42.1 Å². The summed E-state index contributed by atoms with van der Waals surface area (Å²) < 4.78 is 5.38. The molecule has 0 aliphatic rings. The molecule has 100 valence electrons. The van der Waals surface area contributed by atoms with E-state index < -0.39 is 6.10 Å². The number of ketones is 1. The fraction of sp³-hybridized carbons (Fsp3) is 0.375. The molecule has 0 bridgehead atoms. The van der Waals surface area contributed by atoms with Gasteiger partial charge >= 0.3 is 0 Å². The van der Waals surface area contributed by atoms with Crippen molar-refractivity contribution >= 4 is 16.7 Å². The van der Waals surface area contributed by atoms with Gasteiger partial charge in [0, 0.05) is 24.3 Å². The molecule has 19 heavy (non-hydrogen) atoms. The molecular weight excluding hydrogens is 238 g/mol. The van der Waals surface area contributed by atoms with Gasteiger partial charge in [-0.25, -0.2) is 0 Å². The maximum absolute atomic E-state index is 12.5. The lowest BCUT2D eigenvalue weighted by Crippen LogP contribution is -2.36. The summed E-state index contributed by atoms with van der Waals surface area (Å²) in [7, 11) is 1.58. The fourth-order valence-electron chi connectivity index (χ4n) is 2.23. The number of methoxy groups -OCH3 is 1. The van der Waals surface area contributed by atoms with Crippen LogP contribution in [-0.4, -0.2) is 24.0 Å². The predicted molar refractivity (Wildman–Crippen MR) is 76.3 cm³/mol. The number of aromatic nitrogens is 1. The van der Waals surface area contributed by atoms with Gasteiger partial charge < -0.3 is 4.74 Å². The lowest BCUT2D eigenvalue weighted by Gasteiger charge is -2.28. The van der Waals surface area contributed by atoms with E-state index in [1.54, 1.807) is 13.3 Å². The van der Waals surface area contributed by atoms with Crippen molar-refractivity contribution in [2.24, 2.45) is 5.41 Å². The molecule has 2 aromatic rings. The van der Waals surface area contributed by atoms with Crippen LogP contribution in [0.2, 0.25) is 0 Å². The second-order valence-corrected chi connectivity index (χ2v) is 5.76. The molecule has 0 saturated carbocycles. The second kappa shape index (κ2) is 5.10. The Bertz CT molecular complexity index is 599. The molecule has 1 atom stereocenters. The van der Waals surface area contributed by atoms with Crippen molar-refractivity contribution in [1.82, 2.24) is 4.98 Å². The minimum atomic E-state index is -0.443. The monoisotopic (exact) mass is 257 g/mol. The number of hydrogen-bond acceptors (Lipinski definition) is 3. The van der Waals surface area contributed by atoms with Crippen LogP contribution in [0.1, 0.15) is 31.1 Å². The maximum atomic E-state index is 12.5. The Balaban J connectivity index is 2.41. The van der Waals surface area contributed by atoms with Gasteiger partial charge in [0.05, 0.1) is 5.52 Å². The highest BCUT2D eigenvalue weighted by molar-refractivity contribution is 6.02. The quantitative estimate of drug-likeness (QED) is 0.790. The highest BCUT2D eigenvalue weighted by atomic mass is 16.5. The van der Waals surface area contributed by atoms with Crippen molar-refractivity contribution in [3.8, 4) is 0 Å². The van der Waals surface area contributed by atoms with Crippen LogP contribution >= 0.6 is 0 Å². The normalized spacial score (nSPS) is 13.5. The molecule has 0 spiro atoms. The van der Waals surface area contributed by atoms with E-state index in [0.29, 0.717) is 5.56 Å². The first kappa shape index (κ1) is 13.7. The summed E-state index contributed by atoms with van der Waals surface area (Å²) in [5, 5.41) is 0.970. The molecule has 0 saturated heterocycles. The lowest BCUT2D eigenvalue weighted by atomic mass is 9.84. The van der Waals surface area contributed by atoms with Gasteiger partial charge in [0.15, 0.2) is 5.78 Å². The van der Waals surface area contributed by atoms with Crippen molar-refractivity contribution < 1.29 is 9.53 Å². The van der Waals surface area contributed by atoms with Crippen LogP contribution in [0.15, 0.2) is 36.5 Å². The summed E-state index contributed by atoms with van der Waals surface area (Å²) >= 11 is 0. The lowest BCUT2D eigenvalue weighted by molar-refractivity contribution is 0.0196. The third-order valence-corrected chi connectivity index (χ3v) is 3.15. The van der Waals surface area contributed by atoms with Gasteiger partial charge in [-0.15, -0.1) is 0 Å². The number of carbonyl (C=O) groups is 1. The van der Waals surface area contributed by atoms with Crippen molar-refractivity contribution in [2.75, 3.05) is 7.11 Å². The van der Waals surface area contributed by atoms with Crippen LogP contribution < -0.4 is 0 Å². The second-order valence-electron chi connectivity index (χ2n) is 5.76. The van der Waals surface area contributed by atoms with Crippen LogP contribution in [0.25, 0.3) is 10.9 Å². The van der Waals surface area contributed by atoms with E-state index in [9.17, 15) is 4.79 Å². The Labute approximate surface area is 113 Å². The Morgan fingerprint density at radius 3 is 2.63 bits per heavy atom. The van der Waals surface area contributed by atoms with E-state index >= 15 is 0 Å². The van der Waals surface area contributed by atoms with E-state index in [1.807, 2.05) is 51.1 Å². The molecule has 3 heteroatoms. The Kier molecular flexibility index (Phi) is 3.67. The molecule has 1 heterocycles. The third-order valence-electron chi connectivity index (χ3n) is 3.15. The van der Waals surface area contributed by atoms with E-state index in [4.69, 9.17) is 4.74 Å². The van der Waals surface area contributed by atoms with Gasteiger partial charge in [0.1, 0.15) is 6.10 Å².